The van der Waals surface area contributed by atoms with Gasteiger partial charge in [-0.2, -0.15) is 0 Å². The molecule has 0 aromatic heterocycles. The highest BCUT2D eigenvalue weighted by molar-refractivity contribution is 5.95. The lowest BCUT2D eigenvalue weighted by molar-refractivity contribution is -0.134. The van der Waals surface area contributed by atoms with E-state index in [1.54, 1.807) is 31.3 Å². The van der Waals surface area contributed by atoms with Gasteiger partial charge >= 0.3 is 0 Å². The molecule has 6 nitrogen and oxygen atoms in total. The van der Waals surface area contributed by atoms with Gasteiger partial charge in [0.2, 0.25) is 5.91 Å². The van der Waals surface area contributed by atoms with Gasteiger partial charge < -0.3 is 20.3 Å². The predicted octanol–water partition coefficient (Wildman–Crippen LogP) is 4.18. The highest BCUT2D eigenvalue weighted by atomic mass is 35.5. The Hall–Kier alpha value is -2.64. The van der Waals surface area contributed by atoms with Gasteiger partial charge in [-0.15, -0.1) is 12.4 Å². The van der Waals surface area contributed by atoms with Gasteiger partial charge in [-0.05, 0) is 87.0 Å². The summed E-state index contributed by atoms with van der Waals surface area (Å²) < 4.78 is 18.9. The standard InChI is InChI=1S/C27H34FN3O3.ClH/c1-29-26(33)27(18-20-9-13-30-14-10-20)11-15-31(16-12-27)25(32)22-3-2-4-24(17-22)34-19-21-5-7-23(28)8-6-21;/h2-8,17,20,30H,9-16,18-19H2,1H3,(H,29,33);1H. The highest BCUT2D eigenvalue weighted by Gasteiger charge is 2.43. The Labute approximate surface area is 213 Å². The zero-order valence-electron chi connectivity index (χ0n) is 20.2. The molecule has 4 rings (SSSR count). The molecular weight excluding hydrogens is 469 g/mol. The molecule has 0 spiro atoms. The third kappa shape index (κ3) is 6.73. The SMILES string of the molecule is CNC(=O)C1(CC2CCNCC2)CCN(C(=O)c2cccc(OCc3ccc(F)cc3)c2)CC1.Cl. The quantitative estimate of drug-likeness (QED) is 0.594. The predicted molar refractivity (Wildman–Crippen MR) is 136 cm³/mol. The van der Waals surface area contributed by atoms with Crippen molar-refractivity contribution in [1.29, 1.82) is 0 Å². The van der Waals surface area contributed by atoms with Crippen LogP contribution in [0.5, 0.6) is 5.75 Å². The fraction of sp³-hybridized carbons (Fsp3) is 0.481. The number of nitrogens with one attached hydrogen (secondary N) is 2. The van der Waals surface area contributed by atoms with Gasteiger partial charge in [-0.1, -0.05) is 18.2 Å². The first-order valence-electron chi connectivity index (χ1n) is 12.2. The molecule has 8 heteroatoms. The number of carbonyl (C=O) groups is 2. The Kier molecular flexibility index (Phi) is 9.52. The summed E-state index contributed by atoms with van der Waals surface area (Å²) in [6, 6.07) is 13.3. The van der Waals surface area contributed by atoms with E-state index in [2.05, 4.69) is 10.6 Å². The number of benzene rings is 2. The van der Waals surface area contributed by atoms with Crippen molar-refractivity contribution in [1.82, 2.24) is 15.5 Å². The molecule has 0 radical (unpaired) electrons. The number of halogens is 2. The topological polar surface area (TPSA) is 70.7 Å². The van der Waals surface area contributed by atoms with Gasteiger partial charge in [0.25, 0.3) is 5.91 Å². The molecule has 2 aromatic rings. The molecule has 2 aliphatic rings. The summed E-state index contributed by atoms with van der Waals surface area (Å²) in [5.41, 5.74) is 1.03. The lowest BCUT2D eigenvalue weighted by Crippen LogP contribution is -2.50. The molecule has 2 heterocycles. The third-order valence-electron chi connectivity index (χ3n) is 7.25. The van der Waals surface area contributed by atoms with Gasteiger partial charge in [0, 0.05) is 25.7 Å². The number of hydrogen-bond donors (Lipinski definition) is 2. The van der Waals surface area contributed by atoms with E-state index in [9.17, 15) is 14.0 Å². The molecular formula is C27H35ClFN3O3. The van der Waals surface area contributed by atoms with Crippen LogP contribution in [0.25, 0.3) is 0 Å². The van der Waals surface area contributed by atoms with Gasteiger partial charge in [-0.25, -0.2) is 4.39 Å². The van der Waals surface area contributed by atoms with Crippen LogP contribution in [0.2, 0.25) is 0 Å². The second-order valence-electron chi connectivity index (χ2n) is 9.49. The van der Waals surface area contributed by atoms with Crippen molar-refractivity contribution in [2.24, 2.45) is 11.3 Å². The largest absolute Gasteiger partial charge is 0.489 e. The van der Waals surface area contributed by atoms with Crippen molar-refractivity contribution < 1.29 is 18.7 Å². The van der Waals surface area contributed by atoms with Crippen LogP contribution in [-0.2, 0) is 11.4 Å². The number of hydrogen-bond acceptors (Lipinski definition) is 4. The maximum absolute atomic E-state index is 13.2. The highest BCUT2D eigenvalue weighted by Crippen LogP contribution is 2.40. The van der Waals surface area contributed by atoms with Crippen molar-refractivity contribution in [3.05, 3.63) is 65.5 Å². The maximum Gasteiger partial charge on any atom is 0.253 e. The van der Waals surface area contributed by atoms with E-state index in [0.29, 0.717) is 49.8 Å². The number of likely N-dealkylation sites (tertiary alicyclic amines) is 1. The minimum Gasteiger partial charge on any atom is -0.489 e. The van der Waals surface area contributed by atoms with Crippen LogP contribution < -0.4 is 15.4 Å². The summed E-state index contributed by atoms with van der Waals surface area (Å²) in [6.07, 6.45) is 4.47. The van der Waals surface area contributed by atoms with E-state index in [4.69, 9.17) is 4.74 Å². The number of piperidine rings is 2. The number of ether oxygens (including phenoxy) is 1. The zero-order chi connectivity index (χ0) is 24.0. The van der Waals surface area contributed by atoms with Crippen molar-refractivity contribution in [3.63, 3.8) is 0 Å². The van der Waals surface area contributed by atoms with Crippen LogP contribution in [0.3, 0.4) is 0 Å². The van der Waals surface area contributed by atoms with Crippen LogP contribution in [0.4, 0.5) is 4.39 Å². The Bertz CT molecular complexity index is 987. The lowest BCUT2D eigenvalue weighted by Gasteiger charge is -2.43. The van der Waals surface area contributed by atoms with Crippen LogP contribution >= 0.6 is 12.4 Å². The summed E-state index contributed by atoms with van der Waals surface area (Å²) in [5.74, 6) is 0.927. The van der Waals surface area contributed by atoms with Crippen molar-refractivity contribution >= 4 is 24.2 Å². The van der Waals surface area contributed by atoms with E-state index < -0.39 is 5.41 Å². The molecule has 0 atom stereocenters. The summed E-state index contributed by atoms with van der Waals surface area (Å²) in [7, 11) is 1.71. The fourth-order valence-corrected chi connectivity index (χ4v) is 5.21. The second-order valence-corrected chi connectivity index (χ2v) is 9.49. The second kappa shape index (κ2) is 12.4. The number of carbonyl (C=O) groups excluding carboxylic acids is 2. The van der Waals surface area contributed by atoms with Crippen molar-refractivity contribution in [3.8, 4) is 5.75 Å². The van der Waals surface area contributed by atoms with E-state index in [0.717, 1.165) is 37.9 Å². The van der Waals surface area contributed by atoms with E-state index >= 15 is 0 Å². The molecule has 2 amide bonds. The third-order valence-corrected chi connectivity index (χ3v) is 7.25. The number of nitrogens with zero attached hydrogens (tertiary/aromatic N) is 1. The van der Waals surface area contributed by atoms with Gasteiger partial charge in [0.05, 0.1) is 5.41 Å². The molecule has 0 bridgehead atoms. The smallest absolute Gasteiger partial charge is 0.253 e. The summed E-state index contributed by atoms with van der Waals surface area (Å²) in [4.78, 5) is 28.0. The van der Waals surface area contributed by atoms with Gasteiger partial charge in [-0.3, -0.25) is 9.59 Å². The molecule has 2 aromatic carbocycles. The monoisotopic (exact) mass is 503 g/mol. The molecule has 0 aliphatic carbocycles. The van der Waals surface area contributed by atoms with E-state index in [-0.39, 0.29) is 30.0 Å². The van der Waals surface area contributed by atoms with Crippen LogP contribution in [-0.4, -0.2) is 49.9 Å². The molecule has 2 N–H and O–H groups in total. The lowest BCUT2D eigenvalue weighted by atomic mass is 9.69. The molecule has 0 unspecified atom stereocenters. The summed E-state index contributed by atoms with van der Waals surface area (Å²) in [6.45, 7) is 3.46. The number of rotatable bonds is 7. The molecule has 2 fully saturated rings. The molecule has 2 saturated heterocycles. The van der Waals surface area contributed by atoms with Gasteiger partial charge in [0.15, 0.2) is 0 Å². The summed E-state index contributed by atoms with van der Waals surface area (Å²) >= 11 is 0. The first-order valence-corrected chi connectivity index (χ1v) is 12.2. The Morgan fingerprint density at radius 3 is 2.46 bits per heavy atom. The Morgan fingerprint density at radius 1 is 1.11 bits per heavy atom. The minimum absolute atomic E-state index is 0. The number of amides is 2. The van der Waals surface area contributed by atoms with Crippen LogP contribution in [0.15, 0.2) is 48.5 Å². The molecule has 190 valence electrons. The Balaban J connectivity index is 0.00000342. The fourth-order valence-electron chi connectivity index (χ4n) is 5.21. The van der Waals surface area contributed by atoms with Crippen LogP contribution in [0, 0.1) is 17.2 Å². The first kappa shape index (κ1) is 27.0. The average Bonchev–Trinajstić information content (AvgIpc) is 2.88. The van der Waals surface area contributed by atoms with E-state index in [1.165, 1.54) is 12.1 Å². The molecule has 0 saturated carbocycles. The zero-order valence-corrected chi connectivity index (χ0v) is 21.0. The normalized spacial score (nSPS) is 17.8. The Morgan fingerprint density at radius 2 is 1.80 bits per heavy atom. The maximum atomic E-state index is 13.2. The van der Waals surface area contributed by atoms with Crippen molar-refractivity contribution in [2.75, 3.05) is 33.2 Å². The van der Waals surface area contributed by atoms with E-state index in [1.807, 2.05) is 17.0 Å². The first-order chi connectivity index (χ1) is 16.5. The molecule has 2 aliphatic heterocycles. The van der Waals surface area contributed by atoms with Gasteiger partial charge in [0.1, 0.15) is 18.2 Å². The molecule has 35 heavy (non-hydrogen) atoms. The average molecular weight is 504 g/mol. The van der Waals surface area contributed by atoms with Crippen LogP contribution in [0.1, 0.15) is 48.0 Å². The minimum atomic E-state index is -0.395. The van der Waals surface area contributed by atoms with Crippen molar-refractivity contribution in [2.45, 2.75) is 38.7 Å². The summed E-state index contributed by atoms with van der Waals surface area (Å²) in [5, 5.41) is 6.28.